The molecule has 0 aliphatic carbocycles. The van der Waals surface area contributed by atoms with Gasteiger partial charge in [-0.15, -0.1) is 0 Å². The van der Waals surface area contributed by atoms with Crippen LogP contribution in [-0.4, -0.2) is 14.2 Å². The van der Waals surface area contributed by atoms with Gasteiger partial charge in [0, 0.05) is 18.6 Å². The van der Waals surface area contributed by atoms with Crippen molar-refractivity contribution in [3.63, 3.8) is 0 Å². The van der Waals surface area contributed by atoms with Crippen LogP contribution in [-0.2, 0) is 7.05 Å². The molecular formula is C31H28NO2+. The fourth-order valence-electron chi connectivity index (χ4n) is 4.58. The molecule has 0 atom stereocenters. The monoisotopic (exact) mass is 446 g/mol. The van der Waals surface area contributed by atoms with Gasteiger partial charge in [0.25, 0.3) is 0 Å². The molecule has 0 saturated carbocycles. The van der Waals surface area contributed by atoms with Gasteiger partial charge in [0.15, 0.2) is 17.2 Å². The highest BCUT2D eigenvalue weighted by molar-refractivity contribution is 5.90. The van der Waals surface area contributed by atoms with Gasteiger partial charge in [-0.3, -0.25) is 0 Å². The molecule has 0 amide bonds. The van der Waals surface area contributed by atoms with Crippen molar-refractivity contribution in [2.45, 2.75) is 6.92 Å². The number of benzene rings is 4. The highest BCUT2D eigenvalue weighted by atomic mass is 16.5. The topological polar surface area (TPSA) is 22.3 Å². The van der Waals surface area contributed by atoms with Gasteiger partial charge in [-0.05, 0) is 58.0 Å². The molecule has 4 aromatic carbocycles. The Labute approximate surface area is 200 Å². The fraction of sp³-hybridized carbons (Fsp3) is 0.129. The van der Waals surface area contributed by atoms with Gasteiger partial charge in [-0.1, -0.05) is 60.7 Å². The zero-order chi connectivity index (χ0) is 23.7. The molecule has 0 spiro atoms. The Morgan fingerprint density at radius 2 is 1.06 bits per heavy atom. The number of hydrogen-bond acceptors (Lipinski definition) is 2. The molecule has 3 nitrogen and oxygen atoms in total. The lowest BCUT2D eigenvalue weighted by molar-refractivity contribution is -0.665. The maximum Gasteiger partial charge on any atom is 0.213 e. The number of ether oxygens (including phenoxy) is 2. The lowest BCUT2D eigenvalue weighted by atomic mass is 9.94. The molecular weight excluding hydrogens is 418 g/mol. The molecule has 0 saturated heterocycles. The van der Waals surface area contributed by atoms with Crippen LogP contribution in [0.1, 0.15) is 5.69 Å². The van der Waals surface area contributed by atoms with E-state index in [1.54, 1.807) is 14.2 Å². The van der Waals surface area contributed by atoms with Crippen molar-refractivity contribution < 1.29 is 14.0 Å². The van der Waals surface area contributed by atoms with Gasteiger partial charge in [0.1, 0.15) is 7.05 Å². The first kappa shape index (κ1) is 21.7. The second-order valence-corrected chi connectivity index (χ2v) is 8.50. The summed E-state index contributed by atoms with van der Waals surface area (Å²) in [5.41, 5.74) is 8.28. The number of hydrogen-bond donors (Lipinski definition) is 0. The average molecular weight is 447 g/mol. The number of pyridine rings is 1. The van der Waals surface area contributed by atoms with Crippen LogP contribution in [0.2, 0.25) is 0 Å². The van der Waals surface area contributed by atoms with Crippen LogP contribution < -0.4 is 14.0 Å². The van der Waals surface area contributed by atoms with Crippen molar-refractivity contribution in [1.29, 1.82) is 0 Å². The van der Waals surface area contributed by atoms with E-state index in [-0.39, 0.29) is 0 Å². The molecule has 0 unspecified atom stereocenters. The average Bonchev–Trinajstić information content (AvgIpc) is 2.90. The van der Waals surface area contributed by atoms with Gasteiger partial charge in [-0.2, -0.15) is 4.57 Å². The van der Waals surface area contributed by atoms with E-state index < -0.39 is 0 Å². The van der Waals surface area contributed by atoms with Crippen molar-refractivity contribution in [2.24, 2.45) is 7.05 Å². The van der Waals surface area contributed by atoms with Crippen molar-refractivity contribution in [3.8, 4) is 45.0 Å². The predicted molar refractivity (Wildman–Crippen MR) is 139 cm³/mol. The van der Waals surface area contributed by atoms with E-state index in [9.17, 15) is 0 Å². The van der Waals surface area contributed by atoms with Gasteiger partial charge >= 0.3 is 0 Å². The molecule has 0 fully saturated rings. The van der Waals surface area contributed by atoms with Crippen molar-refractivity contribution in [2.75, 3.05) is 14.2 Å². The van der Waals surface area contributed by atoms with Crippen LogP contribution in [0.4, 0.5) is 0 Å². The summed E-state index contributed by atoms with van der Waals surface area (Å²) in [6.45, 7) is 2.15. The summed E-state index contributed by atoms with van der Waals surface area (Å²) in [6.07, 6.45) is 0. The Balaban J connectivity index is 1.77. The fourth-order valence-corrected chi connectivity index (χ4v) is 4.58. The smallest absolute Gasteiger partial charge is 0.213 e. The number of fused-ring (bicyclic) bond motifs is 1. The minimum absolute atomic E-state index is 0.734. The number of aromatic nitrogens is 1. The van der Waals surface area contributed by atoms with Crippen LogP contribution >= 0.6 is 0 Å². The molecule has 0 N–H and O–H groups in total. The van der Waals surface area contributed by atoms with E-state index in [2.05, 4.69) is 116 Å². The molecule has 5 rings (SSSR count). The molecule has 3 heteroatoms. The van der Waals surface area contributed by atoms with E-state index >= 15 is 0 Å². The molecule has 0 aliphatic rings. The second kappa shape index (κ2) is 9.03. The predicted octanol–water partition coefficient (Wildman–Crippen LogP) is 6.99. The van der Waals surface area contributed by atoms with Crippen LogP contribution in [0.15, 0.2) is 97.1 Å². The Morgan fingerprint density at radius 3 is 1.59 bits per heavy atom. The molecule has 0 bridgehead atoms. The molecule has 0 radical (unpaired) electrons. The van der Waals surface area contributed by atoms with Gasteiger partial charge in [-0.25, -0.2) is 0 Å². The first-order valence-corrected chi connectivity index (χ1v) is 11.4. The third kappa shape index (κ3) is 3.90. The summed E-state index contributed by atoms with van der Waals surface area (Å²) >= 11 is 0. The summed E-state index contributed by atoms with van der Waals surface area (Å²) in [5.74, 6) is 1.47. The van der Waals surface area contributed by atoms with Crippen molar-refractivity contribution >= 4 is 10.8 Å². The SMILES string of the molecule is COc1cc2cc(-c3cc(-c4ccccc4)cc(-c4ccccc4)c3)[n+](C)c(C)c2cc1OC. The van der Waals surface area contributed by atoms with Crippen LogP contribution in [0, 0.1) is 6.92 Å². The first-order valence-electron chi connectivity index (χ1n) is 11.4. The summed E-state index contributed by atoms with van der Waals surface area (Å²) in [7, 11) is 5.47. The number of methoxy groups -OCH3 is 2. The van der Waals surface area contributed by atoms with E-state index in [0.29, 0.717) is 0 Å². The number of rotatable bonds is 5. The summed E-state index contributed by atoms with van der Waals surface area (Å²) in [5, 5.41) is 2.26. The van der Waals surface area contributed by atoms with E-state index in [1.807, 2.05) is 0 Å². The second-order valence-electron chi connectivity index (χ2n) is 8.50. The van der Waals surface area contributed by atoms with E-state index in [4.69, 9.17) is 9.47 Å². The molecule has 5 aromatic rings. The minimum atomic E-state index is 0.734. The third-order valence-electron chi connectivity index (χ3n) is 6.55. The quantitative estimate of drug-likeness (QED) is 0.272. The zero-order valence-electron chi connectivity index (χ0n) is 20.0. The number of aryl methyl sites for hydroxylation is 1. The Hall–Kier alpha value is -4.11. The minimum Gasteiger partial charge on any atom is -0.493 e. The van der Waals surface area contributed by atoms with Crippen molar-refractivity contribution in [1.82, 2.24) is 0 Å². The molecule has 34 heavy (non-hydrogen) atoms. The van der Waals surface area contributed by atoms with Gasteiger partial charge < -0.3 is 9.47 Å². The summed E-state index contributed by atoms with van der Waals surface area (Å²) in [6, 6.07) is 34.3. The molecule has 1 heterocycles. The Kier molecular flexibility index (Phi) is 5.77. The standard InChI is InChI=1S/C31H28NO2/c1-21-28-20-31(34-4)30(33-3)19-26(28)18-29(32(21)2)27-16-24(22-11-7-5-8-12-22)15-25(17-27)23-13-9-6-10-14-23/h5-20H,1-4H3/q+1. The highest BCUT2D eigenvalue weighted by Gasteiger charge is 2.20. The number of nitrogens with zero attached hydrogens (tertiary/aromatic N) is 1. The zero-order valence-corrected chi connectivity index (χ0v) is 20.0. The lowest BCUT2D eigenvalue weighted by Crippen LogP contribution is -2.34. The largest absolute Gasteiger partial charge is 0.493 e. The van der Waals surface area contributed by atoms with Crippen molar-refractivity contribution in [3.05, 3.63) is 103 Å². The van der Waals surface area contributed by atoms with Gasteiger partial charge in [0.05, 0.1) is 19.6 Å². The molecule has 0 aliphatic heterocycles. The Morgan fingerprint density at radius 1 is 0.559 bits per heavy atom. The maximum absolute atomic E-state index is 5.58. The normalized spacial score (nSPS) is 10.9. The first-order chi connectivity index (χ1) is 16.6. The summed E-state index contributed by atoms with van der Waals surface area (Å²) in [4.78, 5) is 0. The van der Waals surface area contributed by atoms with E-state index in [0.717, 1.165) is 28.0 Å². The highest BCUT2D eigenvalue weighted by Crippen LogP contribution is 2.36. The van der Waals surface area contributed by atoms with Crippen LogP contribution in [0.3, 0.4) is 0 Å². The Bertz CT molecular complexity index is 1420. The molecule has 1 aromatic heterocycles. The molecule has 168 valence electrons. The van der Waals surface area contributed by atoms with E-state index in [1.165, 1.54) is 33.5 Å². The third-order valence-corrected chi connectivity index (χ3v) is 6.55. The van der Waals surface area contributed by atoms with Crippen LogP contribution in [0.25, 0.3) is 44.3 Å². The van der Waals surface area contributed by atoms with Gasteiger partial charge in [0.2, 0.25) is 5.69 Å². The summed E-state index contributed by atoms with van der Waals surface area (Å²) < 4.78 is 13.4. The maximum atomic E-state index is 5.58. The van der Waals surface area contributed by atoms with Crippen LogP contribution in [0.5, 0.6) is 11.5 Å². The lowest BCUT2D eigenvalue weighted by Gasteiger charge is -2.13.